The maximum atomic E-state index is 13.4. The van der Waals surface area contributed by atoms with Gasteiger partial charge in [0.1, 0.15) is 5.82 Å². The molecule has 0 aliphatic carbocycles. The minimum Gasteiger partial charge on any atom is -0.313 e. The number of nitrogens with one attached hydrogen (secondary N) is 1. The van der Waals surface area contributed by atoms with Crippen molar-refractivity contribution in [2.75, 3.05) is 7.05 Å². The average Bonchev–Trinajstić information content (AvgIpc) is 2.36. The fourth-order valence-electron chi connectivity index (χ4n) is 2.00. The molecule has 0 spiro atoms. The van der Waals surface area contributed by atoms with Crippen molar-refractivity contribution >= 4 is 27.5 Å². The zero-order chi connectivity index (χ0) is 13.8. The molecule has 1 atom stereocenters. The van der Waals surface area contributed by atoms with Gasteiger partial charge in [0.2, 0.25) is 0 Å². The first-order valence-corrected chi connectivity index (χ1v) is 6.99. The molecule has 0 fully saturated rings. The highest BCUT2D eigenvalue weighted by Gasteiger charge is 2.14. The van der Waals surface area contributed by atoms with E-state index in [-0.39, 0.29) is 11.9 Å². The van der Waals surface area contributed by atoms with Crippen LogP contribution >= 0.6 is 27.5 Å². The molecule has 2 nitrogen and oxygen atoms in total. The van der Waals surface area contributed by atoms with Crippen LogP contribution in [0.5, 0.6) is 0 Å². The molecule has 1 N–H and O–H groups in total. The van der Waals surface area contributed by atoms with E-state index in [0.29, 0.717) is 11.4 Å². The van der Waals surface area contributed by atoms with E-state index < -0.39 is 0 Å². The van der Waals surface area contributed by atoms with Crippen molar-refractivity contribution in [2.45, 2.75) is 12.5 Å². The average molecular weight is 344 g/mol. The molecule has 5 heteroatoms. The van der Waals surface area contributed by atoms with Crippen LogP contribution in [-0.2, 0) is 6.42 Å². The fourth-order valence-corrected chi connectivity index (χ4v) is 2.76. The lowest BCUT2D eigenvalue weighted by Crippen LogP contribution is -2.19. The molecule has 0 aliphatic rings. The molecule has 0 saturated heterocycles. The van der Waals surface area contributed by atoms with Crippen LogP contribution < -0.4 is 5.32 Å². The second-order valence-electron chi connectivity index (χ2n) is 4.22. The van der Waals surface area contributed by atoms with Gasteiger partial charge in [-0.1, -0.05) is 27.5 Å². The maximum Gasteiger partial charge on any atom is 0.124 e. The van der Waals surface area contributed by atoms with Gasteiger partial charge >= 0.3 is 0 Å². The van der Waals surface area contributed by atoms with Gasteiger partial charge in [0.15, 0.2) is 0 Å². The SMILES string of the molecule is CNC(Cc1cc(F)cc(Br)c1)c1ccncc1Cl. The lowest BCUT2D eigenvalue weighted by Gasteiger charge is -2.18. The van der Waals surface area contributed by atoms with Crippen LogP contribution in [-0.4, -0.2) is 12.0 Å². The predicted molar refractivity (Wildman–Crippen MR) is 78.9 cm³/mol. The van der Waals surface area contributed by atoms with E-state index in [4.69, 9.17) is 11.6 Å². The van der Waals surface area contributed by atoms with Crippen LogP contribution in [0.15, 0.2) is 41.1 Å². The van der Waals surface area contributed by atoms with Crippen molar-refractivity contribution in [3.05, 3.63) is 63.1 Å². The number of pyridine rings is 1. The number of hydrogen-bond acceptors (Lipinski definition) is 2. The molecular weight excluding hydrogens is 331 g/mol. The summed E-state index contributed by atoms with van der Waals surface area (Å²) in [6, 6.07) is 6.77. The predicted octanol–water partition coefficient (Wildman–Crippen LogP) is 4.14. The molecule has 0 saturated carbocycles. The summed E-state index contributed by atoms with van der Waals surface area (Å²) in [5.41, 5.74) is 1.86. The van der Waals surface area contributed by atoms with Crippen molar-refractivity contribution in [3.8, 4) is 0 Å². The molecule has 0 bridgehead atoms. The molecule has 2 aromatic rings. The number of benzene rings is 1. The van der Waals surface area contributed by atoms with E-state index in [9.17, 15) is 4.39 Å². The molecule has 0 amide bonds. The van der Waals surface area contributed by atoms with Crippen LogP contribution in [0.4, 0.5) is 4.39 Å². The van der Waals surface area contributed by atoms with Crippen molar-refractivity contribution < 1.29 is 4.39 Å². The standard InChI is InChI=1S/C14H13BrClFN2/c1-18-14(12-2-3-19-8-13(12)16)6-9-4-10(15)7-11(17)5-9/h2-5,7-8,14,18H,6H2,1H3. The third-order valence-corrected chi connectivity index (χ3v) is 3.66. The molecule has 100 valence electrons. The number of halogens is 3. The molecule has 19 heavy (non-hydrogen) atoms. The fraction of sp³-hybridized carbons (Fsp3) is 0.214. The van der Waals surface area contributed by atoms with Gasteiger partial charge in [-0.05, 0) is 48.9 Å². The zero-order valence-corrected chi connectivity index (χ0v) is 12.7. The van der Waals surface area contributed by atoms with Crippen molar-refractivity contribution in [2.24, 2.45) is 0 Å². The minimum atomic E-state index is -0.250. The van der Waals surface area contributed by atoms with Crippen LogP contribution in [0.1, 0.15) is 17.2 Å². The van der Waals surface area contributed by atoms with Gasteiger partial charge in [-0.2, -0.15) is 0 Å². The lowest BCUT2D eigenvalue weighted by molar-refractivity contribution is 0.583. The number of likely N-dealkylation sites (N-methyl/N-ethyl adjacent to an activating group) is 1. The van der Waals surface area contributed by atoms with Gasteiger partial charge in [0.05, 0.1) is 5.02 Å². The van der Waals surface area contributed by atoms with Gasteiger partial charge in [-0.15, -0.1) is 0 Å². The first-order valence-electron chi connectivity index (χ1n) is 5.82. The van der Waals surface area contributed by atoms with Crippen molar-refractivity contribution in [1.29, 1.82) is 0 Å². The Labute approximate surface area is 125 Å². The Balaban J connectivity index is 2.26. The lowest BCUT2D eigenvalue weighted by atomic mass is 10.00. The topological polar surface area (TPSA) is 24.9 Å². The van der Waals surface area contributed by atoms with Crippen molar-refractivity contribution in [1.82, 2.24) is 10.3 Å². The Morgan fingerprint density at radius 3 is 2.84 bits per heavy atom. The van der Waals surface area contributed by atoms with Crippen LogP contribution in [0.2, 0.25) is 5.02 Å². The van der Waals surface area contributed by atoms with Crippen molar-refractivity contribution in [3.63, 3.8) is 0 Å². The summed E-state index contributed by atoms with van der Waals surface area (Å²) < 4.78 is 14.1. The number of hydrogen-bond donors (Lipinski definition) is 1. The molecule has 0 aliphatic heterocycles. The Morgan fingerprint density at radius 1 is 1.42 bits per heavy atom. The molecule has 1 aromatic carbocycles. The number of nitrogens with zero attached hydrogens (tertiary/aromatic N) is 1. The summed E-state index contributed by atoms with van der Waals surface area (Å²) in [7, 11) is 1.86. The van der Waals surface area contributed by atoms with Crippen LogP contribution in [0.3, 0.4) is 0 Å². The molecule has 0 radical (unpaired) electrons. The molecule has 1 aromatic heterocycles. The Bertz CT molecular complexity index is 557. The summed E-state index contributed by atoms with van der Waals surface area (Å²) in [6.07, 6.45) is 3.96. The largest absolute Gasteiger partial charge is 0.313 e. The first-order chi connectivity index (χ1) is 9.10. The summed E-state index contributed by atoms with van der Waals surface area (Å²) in [4.78, 5) is 3.97. The third-order valence-electron chi connectivity index (χ3n) is 2.89. The third kappa shape index (κ3) is 3.75. The van der Waals surface area contributed by atoms with E-state index in [2.05, 4.69) is 26.2 Å². The van der Waals surface area contributed by atoms with E-state index >= 15 is 0 Å². The zero-order valence-electron chi connectivity index (χ0n) is 10.3. The molecule has 2 rings (SSSR count). The van der Waals surface area contributed by atoms with Crippen LogP contribution in [0.25, 0.3) is 0 Å². The van der Waals surface area contributed by atoms with Crippen LogP contribution in [0, 0.1) is 5.82 Å². The summed E-state index contributed by atoms with van der Waals surface area (Å²) in [5, 5.41) is 3.81. The van der Waals surface area contributed by atoms with E-state index in [1.165, 1.54) is 12.1 Å². The molecule has 1 heterocycles. The summed E-state index contributed by atoms with van der Waals surface area (Å²) >= 11 is 9.44. The van der Waals surface area contributed by atoms with Gasteiger partial charge in [0, 0.05) is 22.9 Å². The Hall–Kier alpha value is -0.970. The first kappa shape index (κ1) is 14.4. The number of aromatic nitrogens is 1. The Morgan fingerprint density at radius 2 is 2.21 bits per heavy atom. The highest BCUT2D eigenvalue weighted by molar-refractivity contribution is 9.10. The number of rotatable bonds is 4. The summed E-state index contributed by atoms with van der Waals surface area (Å²) in [6.45, 7) is 0. The second kappa shape index (κ2) is 6.46. The normalized spacial score (nSPS) is 12.4. The highest BCUT2D eigenvalue weighted by atomic mass is 79.9. The van der Waals surface area contributed by atoms with Gasteiger partial charge in [-0.25, -0.2) is 4.39 Å². The molecular formula is C14H13BrClFN2. The van der Waals surface area contributed by atoms with Gasteiger partial charge in [0.25, 0.3) is 0 Å². The monoisotopic (exact) mass is 342 g/mol. The quantitative estimate of drug-likeness (QED) is 0.902. The maximum absolute atomic E-state index is 13.4. The Kier molecular flexibility index (Phi) is 4.91. The van der Waals surface area contributed by atoms with E-state index in [0.717, 1.165) is 15.6 Å². The smallest absolute Gasteiger partial charge is 0.124 e. The summed E-state index contributed by atoms with van der Waals surface area (Å²) in [5.74, 6) is -0.250. The minimum absolute atomic E-state index is 0.0178. The molecule has 1 unspecified atom stereocenters. The van der Waals surface area contributed by atoms with Gasteiger partial charge in [-0.3, -0.25) is 4.98 Å². The second-order valence-corrected chi connectivity index (χ2v) is 5.54. The highest BCUT2D eigenvalue weighted by Crippen LogP contribution is 2.26. The van der Waals surface area contributed by atoms with Gasteiger partial charge < -0.3 is 5.32 Å². The van der Waals surface area contributed by atoms with E-state index in [1.807, 2.05) is 19.2 Å². The van der Waals surface area contributed by atoms with E-state index in [1.54, 1.807) is 12.4 Å².